The molecule has 1 heterocycles. The number of rotatable bonds is 2. The fraction of sp³-hybridized carbons (Fsp3) is 0.700. The van der Waals surface area contributed by atoms with Crippen LogP contribution in [0.4, 0.5) is 0 Å². The average molecular weight is 384 g/mol. The first-order valence-electron chi connectivity index (χ1n) is 8.89. The molecule has 1 aliphatic heterocycles. The van der Waals surface area contributed by atoms with Crippen LogP contribution in [0.1, 0.15) is 62.3 Å². The number of ether oxygens (including phenoxy) is 2. The first-order valence-corrected chi connectivity index (χ1v) is 12.1. The SMILES string of the molecule is COc1cccc2c1P(C(C)(C)C)[C@H](P(=O)(C(C)(C)C)C(C)(C)C)O2. The highest BCUT2D eigenvalue weighted by Gasteiger charge is 2.60. The van der Waals surface area contributed by atoms with Crippen LogP contribution in [0.25, 0.3) is 0 Å². The van der Waals surface area contributed by atoms with E-state index < -0.39 is 15.1 Å². The molecule has 2 rings (SSSR count). The number of methoxy groups -OCH3 is 1. The second kappa shape index (κ2) is 6.28. The molecule has 1 aromatic carbocycles. The maximum Gasteiger partial charge on any atom is 0.174 e. The van der Waals surface area contributed by atoms with Crippen LogP contribution < -0.4 is 14.8 Å². The largest absolute Gasteiger partial charge is 0.496 e. The van der Waals surface area contributed by atoms with Gasteiger partial charge in [-0.3, -0.25) is 0 Å². The van der Waals surface area contributed by atoms with Crippen LogP contribution in [0.2, 0.25) is 0 Å². The minimum Gasteiger partial charge on any atom is -0.496 e. The second-order valence-electron chi connectivity index (χ2n) is 9.79. The lowest BCUT2D eigenvalue weighted by Gasteiger charge is -2.47. The quantitative estimate of drug-likeness (QED) is 0.567. The Morgan fingerprint density at radius 2 is 1.52 bits per heavy atom. The van der Waals surface area contributed by atoms with Gasteiger partial charge in [0.25, 0.3) is 0 Å². The van der Waals surface area contributed by atoms with Crippen LogP contribution in [0.3, 0.4) is 0 Å². The number of hydrogen-bond acceptors (Lipinski definition) is 3. The number of fused-ring (bicyclic) bond motifs is 1. The van der Waals surface area contributed by atoms with Gasteiger partial charge in [-0.2, -0.15) is 0 Å². The van der Waals surface area contributed by atoms with Crippen molar-refractivity contribution in [3.63, 3.8) is 0 Å². The zero-order chi connectivity index (χ0) is 19.4. The van der Waals surface area contributed by atoms with E-state index >= 15 is 0 Å². The third kappa shape index (κ3) is 3.28. The van der Waals surface area contributed by atoms with Crippen LogP contribution in [0, 0.1) is 0 Å². The Labute approximate surface area is 155 Å². The number of benzene rings is 1. The summed E-state index contributed by atoms with van der Waals surface area (Å²) in [5.41, 5.74) is -0.284. The summed E-state index contributed by atoms with van der Waals surface area (Å²) in [6.45, 7) is 19.3. The van der Waals surface area contributed by atoms with Crippen molar-refractivity contribution < 1.29 is 14.0 Å². The molecule has 0 aromatic heterocycles. The maximum absolute atomic E-state index is 14.6. The van der Waals surface area contributed by atoms with Gasteiger partial charge in [-0.15, -0.1) is 0 Å². The third-order valence-electron chi connectivity index (χ3n) is 4.90. The average Bonchev–Trinajstić information content (AvgIpc) is 2.83. The van der Waals surface area contributed by atoms with Gasteiger partial charge in [-0.05, 0) is 25.2 Å². The second-order valence-corrected chi connectivity index (χ2v) is 17.7. The Morgan fingerprint density at radius 3 is 1.92 bits per heavy atom. The molecule has 1 aliphatic rings. The van der Waals surface area contributed by atoms with Crippen molar-refractivity contribution in [2.24, 2.45) is 0 Å². The summed E-state index contributed by atoms with van der Waals surface area (Å²) in [6.07, 6.45) is 0. The van der Waals surface area contributed by atoms with Crippen molar-refractivity contribution in [1.82, 2.24) is 0 Å². The Hall–Kier alpha value is -0.520. The minimum absolute atomic E-state index is 0.0357. The van der Waals surface area contributed by atoms with Gasteiger partial charge in [0.15, 0.2) is 5.59 Å². The van der Waals surface area contributed by atoms with Crippen molar-refractivity contribution in [2.45, 2.75) is 83.4 Å². The summed E-state index contributed by atoms with van der Waals surface area (Å²) in [5, 5.41) is 0.423. The third-order valence-corrected chi connectivity index (χ3v) is 14.2. The molecule has 25 heavy (non-hydrogen) atoms. The normalized spacial score (nSPS) is 21.7. The molecular formula is C20H34O3P2. The fourth-order valence-corrected chi connectivity index (χ4v) is 14.8. The molecule has 0 N–H and O–H groups in total. The van der Waals surface area contributed by atoms with E-state index in [1.54, 1.807) is 7.11 Å². The van der Waals surface area contributed by atoms with Gasteiger partial charge in [0.05, 0.1) is 12.4 Å². The summed E-state index contributed by atoms with van der Waals surface area (Å²) in [4.78, 5) is 0. The Kier molecular flexibility index (Phi) is 5.22. The molecule has 0 fully saturated rings. The molecule has 1 unspecified atom stereocenters. The van der Waals surface area contributed by atoms with E-state index in [4.69, 9.17) is 9.47 Å². The molecule has 1 aromatic rings. The zero-order valence-corrected chi connectivity index (χ0v) is 19.2. The van der Waals surface area contributed by atoms with Crippen molar-refractivity contribution in [2.75, 3.05) is 7.11 Å². The van der Waals surface area contributed by atoms with Crippen LogP contribution in [0.15, 0.2) is 18.2 Å². The lowest BCUT2D eigenvalue weighted by Crippen LogP contribution is -2.38. The van der Waals surface area contributed by atoms with Crippen LogP contribution in [-0.4, -0.2) is 28.2 Å². The molecule has 0 bridgehead atoms. The Bertz CT molecular complexity index is 672. The molecule has 0 amide bonds. The van der Waals surface area contributed by atoms with Gasteiger partial charge in [-0.1, -0.05) is 68.4 Å². The topological polar surface area (TPSA) is 35.5 Å². The summed E-state index contributed by atoms with van der Waals surface area (Å²) < 4.78 is 26.8. The zero-order valence-electron chi connectivity index (χ0n) is 17.4. The van der Waals surface area contributed by atoms with Gasteiger partial charge in [0.1, 0.15) is 18.6 Å². The molecular weight excluding hydrogens is 350 g/mol. The highest BCUT2D eigenvalue weighted by atomic mass is 31.2. The van der Waals surface area contributed by atoms with Crippen molar-refractivity contribution in [3.05, 3.63) is 18.2 Å². The molecule has 0 saturated carbocycles. The lowest BCUT2D eigenvalue weighted by molar-refractivity contribution is 0.340. The summed E-state index contributed by atoms with van der Waals surface area (Å²) in [6, 6.07) is 5.94. The molecule has 2 atom stereocenters. The van der Waals surface area contributed by atoms with Crippen molar-refractivity contribution in [1.29, 1.82) is 0 Å². The summed E-state index contributed by atoms with van der Waals surface area (Å²) in [5.74, 6) is 1.70. The van der Waals surface area contributed by atoms with E-state index in [1.807, 2.05) is 18.2 Å². The minimum atomic E-state index is -2.75. The van der Waals surface area contributed by atoms with Gasteiger partial charge >= 0.3 is 0 Å². The molecule has 0 saturated heterocycles. The monoisotopic (exact) mass is 384 g/mol. The molecule has 0 spiro atoms. The summed E-state index contributed by atoms with van der Waals surface area (Å²) >= 11 is 0. The van der Waals surface area contributed by atoms with E-state index in [2.05, 4.69) is 62.3 Å². The maximum atomic E-state index is 14.6. The molecule has 0 aliphatic carbocycles. The molecule has 3 nitrogen and oxygen atoms in total. The molecule has 5 heteroatoms. The van der Waals surface area contributed by atoms with Crippen molar-refractivity contribution >= 4 is 20.4 Å². The van der Waals surface area contributed by atoms with Crippen LogP contribution in [-0.2, 0) is 4.57 Å². The first kappa shape index (κ1) is 20.8. The van der Waals surface area contributed by atoms with E-state index in [0.29, 0.717) is 0 Å². The van der Waals surface area contributed by atoms with Crippen LogP contribution >= 0.6 is 15.1 Å². The van der Waals surface area contributed by atoms with Gasteiger partial charge in [-0.25, -0.2) is 0 Å². The standard InChI is InChI=1S/C20H34O3P2/c1-18(2,3)24-16-14(22-10)12-11-13-15(16)23-17(24)25(21,19(4,5)6)20(7,8)9/h11-13,17H,1-10H3/t17-,24?/m1/s1. The molecule has 0 radical (unpaired) electrons. The highest BCUT2D eigenvalue weighted by Crippen LogP contribution is 2.80. The Balaban J connectivity index is 2.76. The predicted octanol–water partition coefficient (Wildman–Crippen LogP) is 6.24. The van der Waals surface area contributed by atoms with Crippen LogP contribution in [0.5, 0.6) is 11.5 Å². The highest BCUT2D eigenvalue weighted by molar-refractivity contribution is 7.84. The van der Waals surface area contributed by atoms with E-state index in [1.165, 1.54) is 0 Å². The van der Waals surface area contributed by atoms with Gasteiger partial charge in [0, 0.05) is 10.3 Å². The molecule has 142 valence electrons. The van der Waals surface area contributed by atoms with Crippen molar-refractivity contribution in [3.8, 4) is 11.5 Å². The van der Waals surface area contributed by atoms with Gasteiger partial charge < -0.3 is 14.0 Å². The van der Waals surface area contributed by atoms with E-state index in [0.717, 1.165) is 16.8 Å². The van der Waals surface area contributed by atoms with Gasteiger partial charge in [0.2, 0.25) is 0 Å². The lowest BCUT2D eigenvalue weighted by atomic mass is 10.2. The fourth-order valence-electron chi connectivity index (χ4n) is 3.85. The first-order chi connectivity index (χ1) is 11.2. The smallest absolute Gasteiger partial charge is 0.174 e. The van der Waals surface area contributed by atoms with E-state index in [9.17, 15) is 4.57 Å². The predicted molar refractivity (Wildman–Crippen MR) is 111 cm³/mol. The van der Waals surface area contributed by atoms with E-state index in [-0.39, 0.29) is 21.1 Å². The number of hydrogen-bond donors (Lipinski definition) is 0. The summed E-state index contributed by atoms with van der Waals surface area (Å²) in [7, 11) is -1.87. The Morgan fingerprint density at radius 1 is 1.00 bits per heavy atom.